The summed E-state index contributed by atoms with van der Waals surface area (Å²) in [5.74, 6) is -0.537. The molecule has 0 bridgehead atoms. The monoisotopic (exact) mass is 427 g/mol. The molecule has 3 rings (SSSR count). The number of nitriles is 1. The number of aromatic nitrogens is 1. The van der Waals surface area contributed by atoms with Crippen LogP contribution in [0.1, 0.15) is 16.8 Å². The first kappa shape index (κ1) is 21.4. The zero-order chi connectivity index (χ0) is 21.7. The molecule has 1 aromatic heterocycles. The number of benzene rings is 2. The molecule has 3 aromatic rings. The highest BCUT2D eigenvalue weighted by Gasteiger charge is 2.35. The molecule has 0 atom stereocenters. The lowest BCUT2D eigenvalue weighted by Crippen LogP contribution is -2.27. The summed E-state index contributed by atoms with van der Waals surface area (Å²) in [6, 6.07) is 20.3. The van der Waals surface area contributed by atoms with Crippen molar-refractivity contribution in [2.45, 2.75) is 18.1 Å². The number of hydrogen-bond donors (Lipinski definition) is 0. The molecule has 0 unspecified atom stereocenters. The fourth-order valence-corrected chi connectivity index (χ4v) is 3.76. The van der Waals surface area contributed by atoms with E-state index in [9.17, 15) is 23.2 Å². The van der Waals surface area contributed by atoms with Crippen molar-refractivity contribution in [1.29, 1.82) is 5.26 Å². The molecule has 0 N–H and O–H groups in total. The topological polar surface area (TPSA) is 57.0 Å². The summed E-state index contributed by atoms with van der Waals surface area (Å²) < 4.78 is 39.9. The van der Waals surface area contributed by atoms with E-state index in [0.29, 0.717) is 11.4 Å². The zero-order valence-corrected chi connectivity index (χ0v) is 16.7. The molecule has 152 valence electrons. The summed E-state index contributed by atoms with van der Waals surface area (Å²) in [7, 11) is 0. The number of aryl methyl sites for hydroxylation is 1. The molecule has 0 spiro atoms. The average molecular weight is 427 g/mol. The van der Waals surface area contributed by atoms with Gasteiger partial charge in [-0.05, 0) is 37.3 Å². The van der Waals surface area contributed by atoms with Crippen molar-refractivity contribution in [2.24, 2.45) is 0 Å². The molecule has 0 aliphatic rings. The lowest BCUT2D eigenvalue weighted by Gasteiger charge is -2.23. The predicted molar refractivity (Wildman–Crippen MR) is 109 cm³/mol. The van der Waals surface area contributed by atoms with E-state index in [-0.39, 0.29) is 22.4 Å². The molecule has 0 saturated carbocycles. The molecular formula is C22H16F3N3OS. The van der Waals surface area contributed by atoms with E-state index >= 15 is 0 Å². The predicted octanol–water partition coefficient (Wildman–Crippen LogP) is 5.74. The van der Waals surface area contributed by atoms with E-state index in [1.165, 1.54) is 11.8 Å². The van der Waals surface area contributed by atoms with Crippen molar-refractivity contribution in [1.82, 2.24) is 4.98 Å². The second-order valence-corrected chi connectivity index (χ2v) is 7.25. The number of nitrogens with zero attached hydrogens (tertiary/aromatic N) is 3. The Morgan fingerprint density at radius 3 is 2.07 bits per heavy atom. The molecule has 1 heterocycles. The Labute approximate surface area is 176 Å². The number of halogens is 3. The number of carbonyl (C=O) groups excluding carboxylic acids is 1. The molecule has 0 aliphatic heterocycles. The van der Waals surface area contributed by atoms with Crippen LogP contribution in [0.15, 0.2) is 71.8 Å². The van der Waals surface area contributed by atoms with E-state index < -0.39 is 17.3 Å². The lowest BCUT2D eigenvalue weighted by molar-refractivity contribution is -0.138. The van der Waals surface area contributed by atoms with Crippen LogP contribution in [0.4, 0.5) is 24.5 Å². The van der Waals surface area contributed by atoms with E-state index in [4.69, 9.17) is 0 Å². The number of amides is 1. The number of para-hydroxylation sites is 2. The Kier molecular flexibility index (Phi) is 6.43. The Bertz CT molecular complexity index is 1040. The van der Waals surface area contributed by atoms with Crippen LogP contribution in [0.3, 0.4) is 0 Å². The minimum absolute atomic E-state index is 0.112. The van der Waals surface area contributed by atoms with Crippen molar-refractivity contribution in [3.8, 4) is 6.07 Å². The number of anilines is 2. The molecule has 0 radical (unpaired) electrons. The molecule has 8 heteroatoms. The van der Waals surface area contributed by atoms with E-state index in [1.807, 2.05) is 12.1 Å². The SMILES string of the molecule is Cc1cc(C(F)(F)F)c(C#N)c(SCC(=O)N(c2ccccc2)c2ccccc2)n1. The Balaban J connectivity index is 1.92. The third kappa shape index (κ3) is 4.81. The van der Waals surface area contributed by atoms with Crippen LogP contribution in [-0.2, 0) is 11.0 Å². The molecule has 30 heavy (non-hydrogen) atoms. The fraction of sp³-hybridized carbons (Fsp3) is 0.136. The Morgan fingerprint density at radius 2 is 1.60 bits per heavy atom. The summed E-state index contributed by atoms with van der Waals surface area (Å²) >= 11 is 0.817. The van der Waals surface area contributed by atoms with Crippen molar-refractivity contribution in [3.63, 3.8) is 0 Å². The molecule has 4 nitrogen and oxygen atoms in total. The second kappa shape index (κ2) is 9.01. The highest BCUT2D eigenvalue weighted by atomic mass is 32.2. The van der Waals surface area contributed by atoms with Crippen molar-refractivity contribution in [2.75, 3.05) is 10.7 Å². The average Bonchev–Trinajstić information content (AvgIpc) is 2.73. The normalized spacial score (nSPS) is 11.0. The Morgan fingerprint density at radius 1 is 1.07 bits per heavy atom. The first-order valence-electron chi connectivity index (χ1n) is 8.86. The lowest BCUT2D eigenvalue weighted by atomic mass is 10.1. The van der Waals surface area contributed by atoms with Gasteiger partial charge in [0.05, 0.1) is 16.9 Å². The third-order valence-corrected chi connectivity index (χ3v) is 5.10. The number of carbonyl (C=O) groups is 1. The summed E-state index contributed by atoms with van der Waals surface area (Å²) in [5.41, 5.74) is -0.238. The molecule has 0 fully saturated rings. The number of alkyl halides is 3. The largest absolute Gasteiger partial charge is 0.417 e. The third-order valence-electron chi connectivity index (χ3n) is 4.14. The Hall–Kier alpha value is -3.31. The number of thioether (sulfide) groups is 1. The van der Waals surface area contributed by atoms with Gasteiger partial charge in [0.25, 0.3) is 0 Å². The van der Waals surface area contributed by atoms with Gasteiger partial charge in [0.15, 0.2) is 0 Å². The molecule has 0 saturated heterocycles. The van der Waals surface area contributed by atoms with Crippen LogP contribution < -0.4 is 4.90 Å². The van der Waals surface area contributed by atoms with Crippen molar-refractivity contribution >= 4 is 29.0 Å². The summed E-state index contributed by atoms with van der Waals surface area (Å²) in [6.07, 6.45) is -4.68. The van der Waals surface area contributed by atoms with Gasteiger partial charge >= 0.3 is 6.18 Å². The van der Waals surface area contributed by atoms with Crippen molar-refractivity contribution < 1.29 is 18.0 Å². The number of rotatable bonds is 5. The first-order chi connectivity index (χ1) is 14.3. The van der Waals surface area contributed by atoms with Crippen LogP contribution in [0.25, 0.3) is 0 Å². The van der Waals surface area contributed by atoms with Crippen LogP contribution in [0.2, 0.25) is 0 Å². The molecule has 1 amide bonds. The van der Waals surface area contributed by atoms with Gasteiger partial charge in [-0.15, -0.1) is 0 Å². The number of hydrogen-bond acceptors (Lipinski definition) is 4. The standard InChI is InChI=1S/C22H16F3N3OS/c1-15-12-19(22(23,24)25)18(13-26)21(27-15)30-14-20(29)28(16-8-4-2-5-9-16)17-10-6-3-7-11-17/h2-12H,14H2,1H3. The van der Waals surface area contributed by atoms with Crippen LogP contribution >= 0.6 is 11.8 Å². The van der Waals surface area contributed by atoms with Crippen molar-refractivity contribution in [3.05, 3.63) is 83.6 Å². The van der Waals surface area contributed by atoms with Gasteiger partial charge in [0.1, 0.15) is 11.1 Å². The second-order valence-electron chi connectivity index (χ2n) is 6.29. The van der Waals surface area contributed by atoms with Gasteiger partial charge in [-0.1, -0.05) is 48.2 Å². The highest BCUT2D eigenvalue weighted by Crippen LogP contribution is 2.36. The highest BCUT2D eigenvalue weighted by molar-refractivity contribution is 8.00. The maximum atomic E-state index is 13.3. The smallest absolute Gasteiger partial charge is 0.280 e. The summed E-state index contributed by atoms with van der Waals surface area (Å²) in [4.78, 5) is 18.6. The maximum Gasteiger partial charge on any atom is 0.417 e. The maximum absolute atomic E-state index is 13.3. The van der Waals surface area contributed by atoms with Crippen LogP contribution in [-0.4, -0.2) is 16.6 Å². The fourth-order valence-electron chi connectivity index (χ4n) is 2.87. The van der Waals surface area contributed by atoms with E-state index in [1.54, 1.807) is 54.6 Å². The van der Waals surface area contributed by atoms with Gasteiger partial charge < -0.3 is 0 Å². The van der Waals surface area contributed by atoms with Gasteiger partial charge in [-0.3, -0.25) is 9.69 Å². The van der Waals surface area contributed by atoms with Crippen LogP contribution in [0, 0.1) is 18.3 Å². The minimum atomic E-state index is -4.68. The minimum Gasteiger partial charge on any atom is -0.280 e. The van der Waals surface area contributed by atoms with Gasteiger partial charge in [-0.25, -0.2) is 4.98 Å². The van der Waals surface area contributed by atoms with Gasteiger partial charge in [0, 0.05) is 17.1 Å². The molecule has 0 aliphatic carbocycles. The molecular weight excluding hydrogens is 411 g/mol. The molecule has 2 aromatic carbocycles. The number of pyridine rings is 1. The zero-order valence-electron chi connectivity index (χ0n) is 15.8. The van der Waals surface area contributed by atoms with E-state index in [2.05, 4.69) is 4.98 Å². The van der Waals surface area contributed by atoms with Gasteiger partial charge in [-0.2, -0.15) is 18.4 Å². The van der Waals surface area contributed by atoms with Gasteiger partial charge in [0.2, 0.25) is 5.91 Å². The van der Waals surface area contributed by atoms with Crippen LogP contribution in [0.5, 0.6) is 0 Å². The first-order valence-corrected chi connectivity index (χ1v) is 9.84. The quantitative estimate of drug-likeness (QED) is 0.488. The van der Waals surface area contributed by atoms with E-state index in [0.717, 1.165) is 17.8 Å². The summed E-state index contributed by atoms with van der Waals surface area (Å²) in [6.45, 7) is 1.42. The summed E-state index contributed by atoms with van der Waals surface area (Å²) in [5, 5.41) is 9.17.